The quantitative estimate of drug-likeness (QED) is 0.193. The number of aromatic nitrogens is 4. The van der Waals surface area contributed by atoms with Crippen LogP contribution in [0.25, 0.3) is 88.6 Å². The zero-order valence-electron chi connectivity index (χ0n) is 24.8. The third-order valence-corrected chi connectivity index (χ3v) is 8.67. The van der Waals surface area contributed by atoms with Crippen LogP contribution < -0.4 is 0 Å². The number of fused-ring (bicyclic) bond motifs is 5. The fourth-order valence-electron chi connectivity index (χ4n) is 6.42. The van der Waals surface area contributed by atoms with Gasteiger partial charge in [0.2, 0.25) is 0 Å². The van der Waals surface area contributed by atoms with Gasteiger partial charge in [0.1, 0.15) is 0 Å². The van der Waals surface area contributed by atoms with Crippen molar-refractivity contribution >= 4 is 43.5 Å². The van der Waals surface area contributed by atoms with Gasteiger partial charge in [-0.3, -0.25) is 0 Å². The number of para-hydroxylation sites is 1. The standard InChI is InChI=1S/C42H26N4/c1-3-12-28(13-4-1)35-25-22-30-19-20-31-23-26-37(44-41(31)40(30)43-35)38-32-16-8-7-11-27(32)21-24-34(38)42-45-36-18-10-9-17-33(36)39(46-42)29-14-5-2-6-15-29/h1-26H. The second kappa shape index (κ2) is 10.7. The highest BCUT2D eigenvalue weighted by Gasteiger charge is 2.19. The van der Waals surface area contributed by atoms with Crippen LogP contribution in [0.4, 0.5) is 0 Å². The average molecular weight is 587 g/mol. The fraction of sp³-hybridized carbons (Fsp3) is 0. The summed E-state index contributed by atoms with van der Waals surface area (Å²) in [5, 5.41) is 5.36. The first kappa shape index (κ1) is 26.2. The van der Waals surface area contributed by atoms with Crippen LogP contribution in [0.3, 0.4) is 0 Å². The summed E-state index contributed by atoms with van der Waals surface area (Å²) in [4.78, 5) is 20.9. The van der Waals surface area contributed by atoms with E-state index in [1.54, 1.807) is 0 Å². The highest BCUT2D eigenvalue weighted by atomic mass is 14.9. The van der Waals surface area contributed by atoms with Crippen molar-refractivity contribution in [1.29, 1.82) is 0 Å². The van der Waals surface area contributed by atoms with Gasteiger partial charge in [0.25, 0.3) is 0 Å². The lowest BCUT2D eigenvalue weighted by Gasteiger charge is -2.15. The number of rotatable bonds is 4. The van der Waals surface area contributed by atoms with E-state index in [1.165, 1.54) is 0 Å². The number of hydrogen-bond acceptors (Lipinski definition) is 4. The molecule has 4 nitrogen and oxygen atoms in total. The molecular weight excluding hydrogens is 560 g/mol. The van der Waals surface area contributed by atoms with E-state index in [2.05, 4.69) is 109 Å². The molecule has 0 aliphatic rings. The number of hydrogen-bond donors (Lipinski definition) is 0. The highest BCUT2D eigenvalue weighted by molar-refractivity contribution is 6.07. The van der Waals surface area contributed by atoms with Crippen molar-refractivity contribution < 1.29 is 0 Å². The van der Waals surface area contributed by atoms with Crippen molar-refractivity contribution in [1.82, 2.24) is 19.9 Å². The van der Waals surface area contributed by atoms with Crippen molar-refractivity contribution in [2.24, 2.45) is 0 Å². The van der Waals surface area contributed by atoms with Gasteiger partial charge in [0, 0.05) is 38.4 Å². The molecule has 0 spiro atoms. The fourth-order valence-corrected chi connectivity index (χ4v) is 6.42. The third-order valence-electron chi connectivity index (χ3n) is 8.67. The second-order valence-corrected chi connectivity index (χ2v) is 11.5. The van der Waals surface area contributed by atoms with Crippen molar-refractivity contribution in [3.63, 3.8) is 0 Å². The Bertz CT molecular complexity index is 2580. The van der Waals surface area contributed by atoms with Crippen LogP contribution in [0, 0.1) is 0 Å². The smallest absolute Gasteiger partial charge is 0.161 e. The zero-order valence-corrected chi connectivity index (χ0v) is 24.8. The molecule has 0 saturated heterocycles. The van der Waals surface area contributed by atoms with E-state index < -0.39 is 0 Å². The second-order valence-electron chi connectivity index (χ2n) is 11.5. The molecule has 0 unspecified atom stereocenters. The minimum atomic E-state index is 0.669. The molecular formula is C42H26N4. The summed E-state index contributed by atoms with van der Waals surface area (Å²) in [7, 11) is 0. The van der Waals surface area contributed by atoms with Gasteiger partial charge >= 0.3 is 0 Å². The van der Waals surface area contributed by atoms with Crippen molar-refractivity contribution in [2.75, 3.05) is 0 Å². The normalized spacial score (nSPS) is 11.5. The Hall–Kier alpha value is -6.26. The molecule has 0 amide bonds. The summed E-state index contributed by atoms with van der Waals surface area (Å²) in [5.74, 6) is 0.669. The lowest BCUT2D eigenvalue weighted by atomic mass is 9.94. The average Bonchev–Trinajstić information content (AvgIpc) is 3.14. The minimum absolute atomic E-state index is 0.669. The summed E-state index contributed by atoms with van der Waals surface area (Å²) >= 11 is 0. The first-order chi connectivity index (χ1) is 22.8. The molecule has 3 heterocycles. The molecule has 4 heteroatoms. The van der Waals surface area contributed by atoms with Gasteiger partial charge in [-0.15, -0.1) is 0 Å². The number of nitrogens with zero attached hydrogens (tertiary/aromatic N) is 4. The Balaban J connectivity index is 1.32. The van der Waals surface area contributed by atoms with Crippen molar-refractivity contribution in [3.8, 4) is 45.2 Å². The molecule has 3 aromatic heterocycles. The van der Waals surface area contributed by atoms with Crippen LogP contribution in [0.1, 0.15) is 0 Å². The Labute approximate surface area is 265 Å². The van der Waals surface area contributed by atoms with Gasteiger partial charge in [-0.05, 0) is 35.0 Å². The van der Waals surface area contributed by atoms with Gasteiger partial charge in [-0.25, -0.2) is 19.9 Å². The Kier molecular flexibility index (Phi) is 6.10. The van der Waals surface area contributed by atoms with Crippen molar-refractivity contribution in [3.05, 3.63) is 158 Å². The minimum Gasteiger partial charge on any atom is -0.245 e. The molecule has 0 aliphatic carbocycles. The van der Waals surface area contributed by atoms with Gasteiger partial charge in [0.15, 0.2) is 5.82 Å². The van der Waals surface area contributed by atoms with Crippen LogP contribution >= 0.6 is 0 Å². The van der Waals surface area contributed by atoms with Crippen LogP contribution in [-0.4, -0.2) is 19.9 Å². The van der Waals surface area contributed by atoms with Crippen LogP contribution in [0.5, 0.6) is 0 Å². The summed E-state index contributed by atoms with van der Waals surface area (Å²) in [6.07, 6.45) is 0. The van der Waals surface area contributed by atoms with E-state index >= 15 is 0 Å². The van der Waals surface area contributed by atoms with E-state index in [9.17, 15) is 0 Å². The summed E-state index contributed by atoms with van der Waals surface area (Å²) in [5.41, 5.74) is 9.44. The van der Waals surface area contributed by atoms with Crippen LogP contribution in [0.2, 0.25) is 0 Å². The maximum absolute atomic E-state index is 5.37. The molecule has 0 aliphatic heterocycles. The monoisotopic (exact) mass is 586 g/mol. The van der Waals surface area contributed by atoms with Gasteiger partial charge in [-0.2, -0.15) is 0 Å². The van der Waals surface area contributed by atoms with Crippen LogP contribution in [0.15, 0.2) is 158 Å². The molecule has 46 heavy (non-hydrogen) atoms. The molecule has 214 valence electrons. The summed E-state index contributed by atoms with van der Waals surface area (Å²) in [6.45, 7) is 0. The Morgan fingerprint density at radius 2 is 0.913 bits per heavy atom. The Morgan fingerprint density at radius 1 is 0.348 bits per heavy atom. The maximum Gasteiger partial charge on any atom is 0.161 e. The maximum atomic E-state index is 5.37. The largest absolute Gasteiger partial charge is 0.245 e. The topological polar surface area (TPSA) is 51.6 Å². The molecule has 0 saturated carbocycles. The molecule has 0 N–H and O–H groups in total. The van der Waals surface area contributed by atoms with Gasteiger partial charge in [0.05, 0.1) is 33.6 Å². The molecule has 0 fully saturated rings. The molecule has 9 rings (SSSR count). The molecule has 9 aromatic rings. The predicted octanol–water partition coefficient (Wildman–Crippen LogP) is 10.5. The molecule has 0 atom stereocenters. The van der Waals surface area contributed by atoms with E-state index in [0.717, 1.165) is 82.8 Å². The molecule has 0 bridgehead atoms. The summed E-state index contributed by atoms with van der Waals surface area (Å²) in [6, 6.07) is 54.3. The lowest BCUT2D eigenvalue weighted by Crippen LogP contribution is -1.98. The highest BCUT2D eigenvalue weighted by Crippen LogP contribution is 2.39. The molecule has 0 radical (unpaired) electrons. The number of benzene rings is 6. The van der Waals surface area contributed by atoms with Gasteiger partial charge < -0.3 is 0 Å². The van der Waals surface area contributed by atoms with E-state index in [1.807, 2.05) is 48.5 Å². The van der Waals surface area contributed by atoms with E-state index in [-0.39, 0.29) is 0 Å². The van der Waals surface area contributed by atoms with E-state index in [0.29, 0.717) is 5.82 Å². The zero-order chi connectivity index (χ0) is 30.5. The predicted molar refractivity (Wildman–Crippen MR) is 189 cm³/mol. The van der Waals surface area contributed by atoms with Crippen molar-refractivity contribution in [2.45, 2.75) is 0 Å². The van der Waals surface area contributed by atoms with Gasteiger partial charge in [-0.1, -0.05) is 133 Å². The number of pyridine rings is 2. The lowest BCUT2D eigenvalue weighted by molar-refractivity contribution is 1.23. The molecule has 6 aromatic carbocycles. The first-order valence-corrected chi connectivity index (χ1v) is 15.4. The third kappa shape index (κ3) is 4.39. The van der Waals surface area contributed by atoms with E-state index in [4.69, 9.17) is 19.9 Å². The first-order valence-electron chi connectivity index (χ1n) is 15.4. The summed E-state index contributed by atoms with van der Waals surface area (Å²) < 4.78 is 0. The van der Waals surface area contributed by atoms with Crippen LogP contribution in [-0.2, 0) is 0 Å². The SMILES string of the molecule is c1ccc(-c2ccc3ccc4ccc(-c5c(-c6nc(-c7ccccc7)c7ccccc7n6)ccc6ccccc56)nc4c3n2)cc1. The Morgan fingerprint density at radius 3 is 1.67 bits per heavy atom.